The molecule has 0 aromatic heterocycles. The zero-order valence-corrected chi connectivity index (χ0v) is 12.9. The van der Waals surface area contributed by atoms with Crippen molar-refractivity contribution in [3.8, 4) is 0 Å². The minimum atomic E-state index is -0.502. The van der Waals surface area contributed by atoms with Crippen molar-refractivity contribution in [1.29, 1.82) is 0 Å². The number of rotatable bonds is 4. The lowest BCUT2D eigenvalue weighted by atomic mass is 10.1. The summed E-state index contributed by atoms with van der Waals surface area (Å²) < 4.78 is 0. The van der Waals surface area contributed by atoms with Crippen molar-refractivity contribution < 1.29 is 9.59 Å². The Bertz CT molecular complexity index is 501. The summed E-state index contributed by atoms with van der Waals surface area (Å²) in [5.74, 6) is 0.227. The van der Waals surface area contributed by atoms with E-state index in [4.69, 9.17) is 0 Å². The van der Waals surface area contributed by atoms with Crippen molar-refractivity contribution in [1.82, 2.24) is 20.5 Å². The number of carbonyl (C=O) groups is 2. The van der Waals surface area contributed by atoms with Crippen LogP contribution in [0.1, 0.15) is 33.6 Å². The van der Waals surface area contributed by atoms with Crippen LogP contribution in [-0.2, 0) is 4.79 Å². The van der Waals surface area contributed by atoms with Gasteiger partial charge in [-0.2, -0.15) is 5.10 Å². The quantitative estimate of drug-likeness (QED) is 0.577. The second-order valence-electron chi connectivity index (χ2n) is 5.22. The molecule has 0 saturated carbocycles. The van der Waals surface area contributed by atoms with Crippen LogP contribution in [0.25, 0.3) is 0 Å². The summed E-state index contributed by atoms with van der Waals surface area (Å²) in [7, 11) is 1.64. The molecule has 8 heteroatoms. The topological polar surface area (TPSA) is 89.4 Å². The Kier molecular flexibility index (Phi) is 4.44. The number of likely N-dealkylation sites (N-methyl/N-ethyl adjacent to an activating group) is 1. The molecule has 2 N–H and O–H groups in total. The molecule has 0 aromatic rings. The molecule has 2 aliphatic heterocycles. The summed E-state index contributed by atoms with van der Waals surface area (Å²) in [6, 6.07) is -0.914. The number of amides is 3. The number of aliphatic imine (C=N–C) groups is 1. The van der Waals surface area contributed by atoms with Crippen molar-refractivity contribution in [3.05, 3.63) is 0 Å². The van der Waals surface area contributed by atoms with Crippen LogP contribution in [0, 0.1) is 0 Å². The predicted octanol–water partition coefficient (Wildman–Crippen LogP) is 0.320. The van der Waals surface area contributed by atoms with E-state index in [0.717, 1.165) is 18.6 Å². The maximum absolute atomic E-state index is 12.1. The van der Waals surface area contributed by atoms with Crippen LogP contribution >= 0.6 is 0 Å². The maximum atomic E-state index is 12.1. The fraction of sp³-hybridized carbons (Fsp3) is 0.692. The zero-order valence-electron chi connectivity index (χ0n) is 12.9. The van der Waals surface area contributed by atoms with Gasteiger partial charge in [0.05, 0.1) is 0 Å². The Morgan fingerprint density at radius 1 is 1.43 bits per heavy atom. The summed E-state index contributed by atoms with van der Waals surface area (Å²) in [6.45, 7) is 6.63. The monoisotopic (exact) mass is 294 g/mol. The van der Waals surface area contributed by atoms with Gasteiger partial charge in [-0.1, -0.05) is 13.8 Å². The minimum absolute atomic E-state index is 0.312. The molecule has 116 valence electrons. The van der Waals surface area contributed by atoms with Crippen LogP contribution in [0.3, 0.4) is 0 Å². The number of hydrogen-bond donors (Lipinski definition) is 2. The molecule has 1 fully saturated rings. The van der Waals surface area contributed by atoms with E-state index in [0.29, 0.717) is 12.5 Å². The number of hydrazone groups is 1. The van der Waals surface area contributed by atoms with E-state index in [2.05, 4.69) is 20.8 Å². The van der Waals surface area contributed by atoms with Gasteiger partial charge in [-0.15, -0.1) is 0 Å². The number of fused-ring (bicyclic) bond motifs is 1. The first-order valence-electron chi connectivity index (χ1n) is 7.20. The largest absolute Gasteiger partial charge is 0.326 e. The molecule has 2 heterocycles. The van der Waals surface area contributed by atoms with Gasteiger partial charge in [0.2, 0.25) is 5.96 Å². The molecule has 0 radical (unpaired) electrons. The van der Waals surface area contributed by atoms with Crippen molar-refractivity contribution >= 4 is 23.6 Å². The molecule has 0 aliphatic carbocycles. The number of hydrogen-bond acceptors (Lipinski definition) is 6. The van der Waals surface area contributed by atoms with Gasteiger partial charge in [0, 0.05) is 19.3 Å². The van der Waals surface area contributed by atoms with Gasteiger partial charge in [0.25, 0.3) is 5.91 Å². The van der Waals surface area contributed by atoms with E-state index in [9.17, 15) is 9.59 Å². The van der Waals surface area contributed by atoms with Gasteiger partial charge >= 0.3 is 6.03 Å². The van der Waals surface area contributed by atoms with Crippen molar-refractivity contribution in [2.75, 3.05) is 13.6 Å². The molecule has 1 saturated heterocycles. The number of imide groups is 1. The fourth-order valence-corrected chi connectivity index (χ4v) is 2.33. The third kappa shape index (κ3) is 2.84. The van der Waals surface area contributed by atoms with Gasteiger partial charge in [0.1, 0.15) is 0 Å². The van der Waals surface area contributed by atoms with Gasteiger partial charge in [-0.3, -0.25) is 10.1 Å². The van der Waals surface area contributed by atoms with Crippen LogP contribution in [-0.4, -0.2) is 59.2 Å². The summed E-state index contributed by atoms with van der Waals surface area (Å²) >= 11 is 0. The van der Waals surface area contributed by atoms with Crippen molar-refractivity contribution in [2.24, 2.45) is 10.1 Å². The molecule has 2 rings (SSSR count). The number of carbonyl (C=O) groups excluding carboxylic acids is 2. The number of urea groups is 1. The Morgan fingerprint density at radius 2 is 2.14 bits per heavy atom. The molecule has 2 unspecified atom stereocenters. The Balaban J connectivity index is 2.26. The lowest BCUT2D eigenvalue weighted by Crippen LogP contribution is -2.64. The fourth-order valence-electron chi connectivity index (χ4n) is 2.33. The molecule has 21 heavy (non-hydrogen) atoms. The highest BCUT2D eigenvalue weighted by Crippen LogP contribution is 2.23. The molecular weight excluding hydrogens is 272 g/mol. The van der Waals surface area contributed by atoms with Crippen LogP contribution in [0.5, 0.6) is 0 Å². The number of nitrogens with zero attached hydrogens (tertiary/aromatic N) is 4. The average molecular weight is 294 g/mol. The molecule has 0 spiro atoms. The first kappa shape index (κ1) is 15.3. The minimum Gasteiger partial charge on any atom is -0.326 e. The van der Waals surface area contributed by atoms with E-state index in [1.165, 1.54) is 4.90 Å². The molecule has 2 aliphatic rings. The third-order valence-electron chi connectivity index (χ3n) is 3.68. The highest BCUT2D eigenvalue weighted by atomic mass is 16.2. The molecule has 0 bridgehead atoms. The van der Waals surface area contributed by atoms with Crippen LogP contribution in [0.15, 0.2) is 10.1 Å². The molecular formula is C13H22N6O2. The zero-order chi connectivity index (χ0) is 15.6. The summed E-state index contributed by atoms with van der Waals surface area (Å²) in [5.41, 5.74) is 3.87. The van der Waals surface area contributed by atoms with Gasteiger partial charge in [-0.25, -0.2) is 15.2 Å². The van der Waals surface area contributed by atoms with E-state index in [1.54, 1.807) is 7.05 Å². The lowest BCUT2D eigenvalue weighted by molar-refractivity contribution is -0.127. The smallest absolute Gasteiger partial charge is 0.325 e. The van der Waals surface area contributed by atoms with E-state index in [1.807, 2.05) is 25.7 Å². The summed E-state index contributed by atoms with van der Waals surface area (Å²) in [6.07, 6.45) is 1.20. The van der Waals surface area contributed by atoms with Gasteiger partial charge in [-0.05, 0) is 19.8 Å². The van der Waals surface area contributed by atoms with Crippen molar-refractivity contribution in [2.45, 2.75) is 45.8 Å². The Morgan fingerprint density at radius 3 is 2.76 bits per heavy atom. The number of guanidine groups is 1. The second kappa shape index (κ2) is 6.11. The van der Waals surface area contributed by atoms with Gasteiger partial charge in [0.15, 0.2) is 12.2 Å². The predicted molar refractivity (Wildman–Crippen MR) is 79.8 cm³/mol. The highest BCUT2D eigenvalue weighted by Gasteiger charge is 2.48. The number of nitrogens with one attached hydrogen (secondary N) is 2. The lowest BCUT2D eigenvalue weighted by Gasteiger charge is -2.35. The molecule has 0 aromatic carbocycles. The van der Waals surface area contributed by atoms with Crippen LogP contribution in [0.2, 0.25) is 0 Å². The molecule has 3 amide bonds. The van der Waals surface area contributed by atoms with Crippen LogP contribution < -0.4 is 10.7 Å². The van der Waals surface area contributed by atoms with E-state index in [-0.39, 0.29) is 5.91 Å². The second-order valence-corrected chi connectivity index (χ2v) is 5.22. The average Bonchev–Trinajstić information content (AvgIpc) is 2.82. The standard InChI is InChI=1S/C13H22N6O2/c1-5-7-19-9-10(18(4)13(21)15-11(9)20)14-12(19)17-16-8(3)6-2/h9-10H,5-7H2,1-4H3,(H,14,17)(H,15,20,21)/b16-8-. The van der Waals surface area contributed by atoms with Crippen molar-refractivity contribution in [3.63, 3.8) is 0 Å². The molecule has 8 nitrogen and oxygen atoms in total. The first-order valence-corrected chi connectivity index (χ1v) is 7.20. The normalized spacial score (nSPS) is 25.7. The highest BCUT2D eigenvalue weighted by molar-refractivity contribution is 6.03. The molecule has 2 atom stereocenters. The summed E-state index contributed by atoms with van der Waals surface area (Å²) in [4.78, 5) is 31.6. The van der Waals surface area contributed by atoms with E-state index < -0.39 is 18.2 Å². The van der Waals surface area contributed by atoms with Gasteiger partial charge < -0.3 is 9.80 Å². The Hall–Kier alpha value is -2.12. The Labute approximate surface area is 124 Å². The third-order valence-corrected chi connectivity index (χ3v) is 3.68. The van der Waals surface area contributed by atoms with E-state index >= 15 is 0 Å². The van der Waals surface area contributed by atoms with Crippen LogP contribution in [0.4, 0.5) is 4.79 Å². The maximum Gasteiger partial charge on any atom is 0.325 e. The summed E-state index contributed by atoms with van der Waals surface area (Å²) in [5, 5.41) is 6.60. The SMILES string of the molecule is CCCN1C(N/N=C(/C)CC)=NC2C1C(=O)NC(=O)N2C. The first-order chi connectivity index (χ1) is 9.99.